The van der Waals surface area contributed by atoms with Crippen molar-refractivity contribution in [1.82, 2.24) is 30.0 Å². The van der Waals surface area contributed by atoms with E-state index in [-0.39, 0.29) is 23.6 Å². The van der Waals surface area contributed by atoms with Crippen LogP contribution in [0.1, 0.15) is 32.5 Å². The van der Waals surface area contributed by atoms with Crippen LogP contribution < -0.4 is 10.2 Å². The summed E-state index contributed by atoms with van der Waals surface area (Å²) in [6.45, 7) is 9.34. The molecule has 4 rings (SSSR count). The number of alkyl halides is 3. The maximum Gasteiger partial charge on any atom is 0.453 e. The van der Waals surface area contributed by atoms with Gasteiger partial charge in [-0.25, -0.2) is 0 Å². The Kier molecular flexibility index (Phi) is 7.03. The molecular formula is C21H30F3N7O2. The van der Waals surface area contributed by atoms with Gasteiger partial charge in [0.15, 0.2) is 5.65 Å². The summed E-state index contributed by atoms with van der Waals surface area (Å²) < 4.78 is 45.9. The zero-order valence-corrected chi connectivity index (χ0v) is 18.9. The van der Waals surface area contributed by atoms with Crippen molar-refractivity contribution in [2.24, 2.45) is 11.8 Å². The molecule has 1 atom stereocenters. The highest BCUT2D eigenvalue weighted by Gasteiger charge is 2.38. The molecule has 2 aromatic heterocycles. The number of hydrogen-bond donors (Lipinski definition) is 1. The van der Waals surface area contributed by atoms with Crippen molar-refractivity contribution in [3.05, 3.63) is 18.0 Å². The molecule has 1 unspecified atom stereocenters. The number of ether oxygens (including phenoxy) is 1. The number of piperidine rings is 1. The van der Waals surface area contributed by atoms with E-state index >= 15 is 0 Å². The van der Waals surface area contributed by atoms with Crippen LogP contribution in [0.4, 0.5) is 19.0 Å². The lowest BCUT2D eigenvalue weighted by atomic mass is 9.96. The number of halogens is 3. The first-order valence-corrected chi connectivity index (χ1v) is 11.4. The van der Waals surface area contributed by atoms with Gasteiger partial charge < -0.3 is 15.0 Å². The summed E-state index contributed by atoms with van der Waals surface area (Å²) in [5.41, 5.74) is 0.0391. The highest BCUT2D eigenvalue weighted by Crippen LogP contribution is 2.28. The molecule has 1 amide bonds. The van der Waals surface area contributed by atoms with E-state index < -0.39 is 12.0 Å². The van der Waals surface area contributed by atoms with Crippen molar-refractivity contribution < 1.29 is 22.7 Å². The number of hydrogen-bond acceptors (Lipinski definition) is 7. The average Bonchev–Trinajstić information content (AvgIpc) is 3.21. The number of rotatable bonds is 6. The van der Waals surface area contributed by atoms with Gasteiger partial charge >= 0.3 is 6.18 Å². The molecule has 0 bridgehead atoms. The quantitative estimate of drug-likeness (QED) is 0.691. The first-order valence-electron chi connectivity index (χ1n) is 11.4. The van der Waals surface area contributed by atoms with Gasteiger partial charge in [0.05, 0.1) is 12.7 Å². The molecule has 0 spiro atoms. The van der Waals surface area contributed by atoms with Crippen LogP contribution in [-0.4, -0.2) is 82.6 Å². The van der Waals surface area contributed by atoms with Gasteiger partial charge in [0, 0.05) is 45.2 Å². The molecule has 1 N–H and O–H groups in total. The first kappa shape index (κ1) is 23.7. The van der Waals surface area contributed by atoms with Crippen molar-refractivity contribution in [2.45, 2.75) is 39.0 Å². The summed E-state index contributed by atoms with van der Waals surface area (Å²) in [6, 6.07) is 3.10. The fourth-order valence-corrected chi connectivity index (χ4v) is 4.44. The van der Waals surface area contributed by atoms with Gasteiger partial charge in [-0.05, 0) is 30.9 Å². The van der Waals surface area contributed by atoms with Crippen LogP contribution in [-0.2, 0) is 15.7 Å². The molecular weight excluding hydrogens is 439 g/mol. The summed E-state index contributed by atoms with van der Waals surface area (Å²) in [7, 11) is 0. The highest BCUT2D eigenvalue weighted by atomic mass is 19.4. The number of nitrogens with zero attached hydrogens (tertiary/aromatic N) is 6. The van der Waals surface area contributed by atoms with E-state index in [2.05, 4.69) is 39.4 Å². The van der Waals surface area contributed by atoms with E-state index in [0.717, 1.165) is 24.1 Å². The molecule has 2 aliphatic rings. The van der Waals surface area contributed by atoms with Crippen LogP contribution in [0.5, 0.6) is 0 Å². The van der Waals surface area contributed by atoms with Crippen LogP contribution in [0.15, 0.2) is 12.1 Å². The van der Waals surface area contributed by atoms with Gasteiger partial charge in [-0.3, -0.25) is 9.69 Å². The third-order valence-electron chi connectivity index (χ3n) is 6.04. The largest absolute Gasteiger partial charge is 0.453 e. The Morgan fingerprint density at radius 2 is 1.97 bits per heavy atom. The molecule has 12 heteroatoms. The Labute approximate surface area is 190 Å². The van der Waals surface area contributed by atoms with E-state index in [1.165, 1.54) is 6.07 Å². The fraction of sp³-hybridized carbons (Fsp3) is 0.714. The fourth-order valence-electron chi connectivity index (χ4n) is 4.44. The Balaban J connectivity index is 1.28. The second-order valence-corrected chi connectivity index (χ2v) is 9.14. The van der Waals surface area contributed by atoms with Crippen molar-refractivity contribution in [1.29, 1.82) is 0 Å². The molecule has 4 heterocycles. The van der Waals surface area contributed by atoms with Crippen molar-refractivity contribution in [3.63, 3.8) is 0 Å². The van der Waals surface area contributed by atoms with Gasteiger partial charge in [-0.1, -0.05) is 13.8 Å². The molecule has 2 aromatic rings. The number of aromatic nitrogens is 4. The smallest absolute Gasteiger partial charge is 0.374 e. The standard InChI is InChI=1S/C21H30F3N7O2/c1-14(2)12-29-9-10-33-16(13-29)11-25-19(32)15-5-7-30(8-6-15)18-4-3-17-26-27-20(21(22,23)24)31(17)28-18/h3-4,14-16H,5-13H2,1-2H3,(H,25,32). The monoisotopic (exact) mass is 469 g/mol. The molecule has 2 aliphatic heterocycles. The Morgan fingerprint density at radius 1 is 1.21 bits per heavy atom. The first-order chi connectivity index (χ1) is 15.7. The lowest BCUT2D eigenvalue weighted by Crippen LogP contribution is -2.49. The van der Waals surface area contributed by atoms with Gasteiger partial charge in [0.2, 0.25) is 5.91 Å². The van der Waals surface area contributed by atoms with Gasteiger partial charge in [0.25, 0.3) is 5.82 Å². The Morgan fingerprint density at radius 3 is 2.67 bits per heavy atom. The Hall–Kier alpha value is -2.47. The maximum absolute atomic E-state index is 13.1. The lowest BCUT2D eigenvalue weighted by Gasteiger charge is -2.35. The summed E-state index contributed by atoms with van der Waals surface area (Å²) in [5.74, 6) is -0.288. The van der Waals surface area contributed by atoms with Crippen LogP contribution in [0.3, 0.4) is 0 Å². The SMILES string of the molecule is CC(C)CN1CCOC(CNC(=O)C2CCN(c3ccc4nnc(C(F)(F)F)n4n3)CC2)C1. The molecule has 0 aliphatic carbocycles. The minimum Gasteiger partial charge on any atom is -0.374 e. The third-order valence-corrected chi connectivity index (χ3v) is 6.04. The van der Waals surface area contributed by atoms with Crippen LogP contribution in [0.25, 0.3) is 5.65 Å². The number of anilines is 1. The van der Waals surface area contributed by atoms with Gasteiger partial charge in [0.1, 0.15) is 5.82 Å². The van der Waals surface area contributed by atoms with Crippen molar-refractivity contribution in [2.75, 3.05) is 50.8 Å². The minimum absolute atomic E-state index is 0.000751. The summed E-state index contributed by atoms with van der Waals surface area (Å²) in [5, 5.41) is 13.9. The molecule has 0 saturated carbocycles. The molecule has 182 valence electrons. The molecule has 2 saturated heterocycles. The average molecular weight is 470 g/mol. The summed E-state index contributed by atoms with van der Waals surface area (Å²) in [4.78, 5) is 16.9. The van der Waals surface area contributed by atoms with E-state index in [0.29, 0.717) is 50.8 Å². The maximum atomic E-state index is 13.1. The normalized spacial score (nSPS) is 21.2. The molecule has 2 fully saturated rings. The topological polar surface area (TPSA) is 87.9 Å². The minimum atomic E-state index is -4.63. The van der Waals surface area contributed by atoms with Crippen LogP contribution in [0, 0.1) is 11.8 Å². The predicted octanol–water partition coefficient (Wildman–Crippen LogP) is 1.83. The van der Waals surface area contributed by atoms with Crippen LogP contribution in [0.2, 0.25) is 0 Å². The van der Waals surface area contributed by atoms with Crippen molar-refractivity contribution >= 4 is 17.4 Å². The van der Waals surface area contributed by atoms with Crippen LogP contribution >= 0.6 is 0 Å². The second kappa shape index (κ2) is 9.80. The molecule has 0 radical (unpaired) electrons. The Bertz CT molecular complexity index is 957. The highest BCUT2D eigenvalue weighted by molar-refractivity contribution is 5.79. The number of nitrogens with one attached hydrogen (secondary N) is 1. The number of morpholine rings is 1. The van der Waals surface area contributed by atoms with Gasteiger partial charge in [-0.2, -0.15) is 17.7 Å². The van der Waals surface area contributed by atoms with Crippen molar-refractivity contribution in [3.8, 4) is 0 Å². The number of carbonyl (C=O) groups is 1. The molecule has 0 aromatic carbocycles. The summed E-state index contributed by atoms with van der Waals surface area (Å²) in [6.07, 6.45) is -3.44. The number of amides is 1. The zero-order valence-electron chi connectivity index (χ0n) is 18.9. The third kappa shape index (κ3) is 5.72. The number of carbonyl (C=O) groups excluding carboxylic acids is 1. The molecule has 33 heavy (non-hydrogen) atoms. The number of fused-ring (bicyclic) bond motifs is 1. The predicted molar refractivity (Wildman–Crippen MR) is 115 cm³/mol. The van der Waals surface area contributed by atoms with Gasteiger partial charge in [-0.15, -0.1) is 15.3 Å². The van der Waals surface area contributed by atoms with E-state index in [1.807, 2.05) is 4.90 Å². The summed E-state index contributed by atoms with van der Waals surface area (Å²) >= 11 is 0. The lowest BCUT2D eigenvalue weighted by molar-refractivity contribution is -0.146. The zero-order chi connectivity index (χ0) is 23.6. The molecule has 9 nitrogen and oxygen atoms in total. The second-order valence-electron chi connectivity index (χ2n) is 9.14. The van der Waals surface area contributed by atoms with E-state index in [1.54, 1.807) is 6.07 Å². The van der Waals surface area contributed by atoms with E-state index in [4.69, 9.17) is 4.74 Å². The van der Waals surface area contributed by atoms with E-state index in [9.17, 15) is 18.0 Å².